The van der Waals surface area contributed by atoms with E-state index in [-0.39, 0.29) is 17.9 Å². The van der Waals surface area contributed by atoms with E-state index in [1.165, 1.54) is 6.07 Å². The lowest BCUT2D eigenvalue weighted by molar-refractivity contribution is -0.137. The number of Topliss-reactive ketones (excluding diaryl/α,β-unsaturated/α-hetero) is 1. The highest BCUT2D eigenvalue weighted by atomic mass is 32.2. The molecule has 0 atom stereocenters. The third-order valence-electron chi connectivity index (χ3n) is 3.81. The minimum Gasteiger partial charge on any atom is -0.336 e. The Kier molecular flexibility index (Phi) is 3.76. The number of thioether (sulfide) groups is 1. The van der Waals surface area contributed by atoms with E-state index in [0.717, 1.165) is 29.2 Å². The van der Waals surface area contributed by atoms with Crippen LogP contribution in [0.25, 0.3) is 0 Å². The van der Waals surface area contributed by atoms with E-state index in [4.69, 9.17) is 0 Å². The van der Waals surface area contributed by atoms with E-state index in [9.17, 15) is 22.8 Å². The maximum absolute atomic E-state index is 12.7. The summed E-state index contributed by atoms with van der Waals surface area (Å²) in [5, 5.41) is 0. The van der Waals surface area contributed by atoms with Crippen LogP contribution in [0.2, 0.25) is 0 Å². The molecule has 0 radical (unpaired) electrons. The van der Waals surface area contributed by atoms with Gasteiger partial charge < -0.3 is 4.90 Å². The molecule has 0 saturated heterocycles. The number of allylic oxidation sites excluding steroid dienone is 1. The summed E-state index contributed by atoms with van der Waals surface area (Å²) in [5.41, 5.74) is 1.03. The largest absolute Gasteiger partial charge is 0.416 e. The zero-order valence-electron chi connectivity index (χ0n) is 11.4. The fraction of sp³-hybridized carbons (Fsp3) is 0.333. The monoisotopic (exact) mass is 327 g/mol. The topological polar surface area (TPSA) is 37.4 Å². The standard InChI is InChI=1S/C15H12F3NO2S/c16-15(17,18)10-1-2-12(9(5-10)7-20)19-6-14(21)11-8-22-4-3-13(11)19/h1-2,5,7H,3-4,6,8H2. The molecule has 0 aliphatic carbocycles. The van der Waals surface area contributed by atoms with Gasteiger partial charge in [0.15, 0.2) is 12.1 Å². The highest BCUT2D eigenvalue weighted by Gasteiger charge is 2.35. The lowest BCUT2D eigenvalue weighted by atomic mass is 10.1. The van der Waals surface area contributed by atoms with E-state index >= 15 is 0 Å². The van der Waals surface area contributed by atoms with E-state index in [0.29, 0.717) is 24.1 Å². The molecule has 0 unspecified atom stereocenters. The Hall–Kier alpha value is -1.76. The van der Waals surface area contributed by atoms with Crippen molar-refractivity contribution in [2.45, 2.75) is 12.6 Å². The van der Waals surface area contributed by atoms with Gasteiger partial charge in [0.25, 0.3) is 0 Å². The van der Waals surface area contributed by atoms with Gasteiger partial charge >= 0.3 is 6.18 Å². The minimum atomic E-state index is -4.50. The maximum Gasteiger partial charge on any atom is 0.416 e. The van der Waals surface area contributed by atoms with Gasteiger partial charge in [0.1, 0.15) is 0 Å². The molecule has 0 aromatic heterocycles. The van der Waals surface area contributed by atoms with Crippen molar-refractivity contribution in [1.82, 2.24) is 0 Å². The second-order valence-electron chi connectivity index (χ2n) is 5.13. The summed E-state index contributed by atoms with van der Waals surface area (Å²) >= 11 is 1.66. The number of anilines is 1. The van der Waals surface area contributed by atoms with Crippen LogP contribution in [0, 0.1) is 0 Å². The Labute approximate surface area is 129 Å². The summed E-state index contributed by atoms with van der Waals surface area (Å²) in [6.45, 7) is 0.0947. The molecule has 1 aromatic rings. The Bertz CT molecular complexity index is 682. The number of hydrogen-bond acceptors (Lipinski definition) is 4. The Balaban J connectivity index is 2.04. The molecular weight excluding hydrogens is 315 g/mol. The van der Waals surface area contributed by atoms with Crippen LogP contribution < -0.4 is 4.90 Å². The number of nitrogens with zero attached hydrogens (tertiary/aromatic N) is 1. The molecule has 2 heterocycles. The van der Waals surface area contributed by atoms with Crippen molar-refractivity contribution in [3.63, 3.8) is 0 Å². The Morgan fingerprint density at radius 3 is 2.73 bits per heavy atom. The van der Waals surface area contributed by atoms with Crippen LogP contribution in [0.1, 0.15) is 22.3 Å². The minimum absolute atomic E-state index is 0.0149. The van der Waals surface area contributed by atoms with E-state index in [2.05, 4.69) is 0 Å². The molecule has 7 heteroatoms. The number of halogens is 3. The van der Waals surface area contributed by atoms with Crippen molar-refractivity contribution in [2.24, 2.45) is 0 Å². The highest BCUT2D eigenvalue weighted by molar-refractivity contribution is 7.99. The molecule has 3 rings (SSSR count). The fourth-order valence-electron chi connectivity index (χ4n) is 2.75. The van der Waals surface area contributed by atoms with Gasteiger partial charge in [0.2, 0.25) is 0 Å². The third kappa shape index (κ3) is 2.54. The molecule has 2 aliphatic heterocycles. The van der Waals surface area contributed by atoms with Crippen molar-refractivity contribution in [1.29, 1.82) is 0 Å². The van der Waals surface area contributed by atoms with E-state index < -0.39 is 11.7 Å². The number of hydrogen-bond donors (Lipinski definition) is 0. The molecule has 0 fully saturated rings. The number of rotatable bonds is 2. The molecule has 1 aromatic carbocycles. The lowest BCUT2D eigenvalue weighted by Gasteiger charge is -2.25. The Morgan fingerprint density at radius 2 is 2.05 bits per heavy atom. The molecule has 2 aliphatic rings. The average molecular weight is 327 g/mol. The Morgan fingerprint density at radius 1 is 1.27 bits per heavy atom. The van der Waals surface area contributed by atoms with Crippen molar-refractivity contribution < 1.29 is 22.8 Å². The van der Waals surface area contributed by atoms with Crippen molar-refractivity contribution >= 4 is 29.5 Å². The zero-order chi connectivity index (χ0) is 15.9. The van der Waals surface area contributed by atoms with Gasteiger partial charge in [-0.2, -0.15) is 24.9 Å². The molecule has 116 valence electrons. The van der Waals surface area contributed by atoms with Gasteiger partial charge in [-0.05, 0) is 30.4 Å². The van der Waals surface area contributed by atoms with Gasteiger partial charge in [-0.1, -0.05) is 0 Å². The molecule has 22 heavy (non-hydrogen) atoms. The summed E-state index contributed by atoms with van der Waals surface area (Å²) in [5.74, 6) is 1.47. The summed E-state index contributed by atoms with van der Waals surface area (Å²) in [6.07, 6.45) is -3.40. The van der Waals surface area contributed by atoms with Crippen molar-refractivity contribution in [3.8, 4) is 0 Å². The smallest absolute Gasteiger partial charge is 0.336 e. The second-order valence-corrected chi connectivity index (χ2v) is 6.23. The molecule has 0 saturated carbocycles. The number of ketones is 1. The lowest BCUT2D eigenvalue weighted by Crippen LogP contribution is -2.23. The molecule has 0 spiro atoms. The predicted octanol–water partition coefficient (Wildman–Crippen LogP) is 3.30. The van der Waals surface area contributed by atoms with Crippen LogP contribution in [0.4, 0.5) is 18.9 Å². The fourth-order valence-corrected chi connectivity index (χ4v) is 3.77. The van der Waals surface area contributed by atoms with Gasteiger partial charge in [0.05, 0.1) is 17.8 Å². The molecule has 0 amide bonds. The van der Waals surface area contributed by atoms with Crippen molar-refractivity contribution in [3.05, 3.63) is 40.6 Å². The first-order chi connectivity index (χ1) is 10.4. The summed E-state index contributed by atoms with van der Waals surface area (Å²) in [7, 11) is 0. The average Bonchev–Trinajstić information content (AvgIpc) is 2.83. The van der Waals surface area contributed by atoms with Crippen LogP contribution in [0.5, 0.6) is 0 Å². The summed E-state index contributed by atoms with van der Waals surface area (Å²) in [6, 6.07) is 3.06. The normalized spacial score (nSPS) is 18.7. The van der Waals surface area contributed by atoms with Crippen LogP contribution in [0.3, 0.4) is 0 Å². The molecule has 0 bridgehead atoms. The number of carbonyl (C=O) groups is 2. The van der Waals surface area contributed by atoms with Crippen LogP contribution in [-0.4, -0.2) is 30.1 Å². The van der Waals surface area contributed by atoms with Crippen LogP contribution in [0.15, 0.2) is 29.5 Å². The van der Waals surface area contributed by atoms with Gasteiger partial charge in [-0.3, -0.25) is 9.59 Å². The van der Waals surface area contributed by atoms with Gasteiger partial charge in [-0.25, -0.2) is 0 Å². The highest BCUT2D eigenvalue weighted by Crippen LogP contribution is 2.38. The zero-order valence-corrected chi connectivity index (χ0v) is 12.3. The predicted molar refractivity (Wildman–Crippen MR) is 78.2 cm³/mol. The molecular formula is C15H12F3NO2S. The first-order valence-corrected chi connectivity index (χ1v) is 7.84. The SMILES string of the molecule is O=Cc1cc(C(F)(F)F)ccc1N1CC(=O)C2=C1CCSC2. The van der Waals surface area contributed by atoms with Gasteiger partial charge in [0, 0.05) is 22.6 Å². The first kappa shape index (κ1) is 15.1. The quantitative estimate of drug-likeness (QED) is 0.781. The van der Waals surface area contributed by atoms with Gasteiger partial charge in [-0.15, -0.1) is 0 Å². The number of aldehydes is 1. The third-order valence-corrected chi connectivity index (χ3v) is 4.80. The number of carbonyl (C=O) groups excluding carboxylic acids is 2. The van der Waals surface area contributed by atoms with Crippen LogP contribution >= 0.6 is 11.8 Å². The maximum atomic E-state index is 12.7. The number of benzene rings is 1. The number of alkyl halides is 3. The summed E-state index contributed by atoms with van der Waals surface area (Å²) in [4.78, 5) is 24.9. The van der Waals surface area contributed by atoms with Crippen LogP contribution in [-0.2, 0) is 11.0 Å². The molecule has 3 nitrogen and oxygen atoms in total. The van der Waals surface area contributed by atoms with Crippen molar-refractivity contribution in [2.75, 3.05) is 23.0 Å². The second kappa shape index (κ2) is 5.46. The van der Waals surface area contributed by atoms with E-state index in [1.807, 2.05) is 0 Å². The molecule has 0 N–H and O–H groups in total. The first-order valence-electron chi connectivity index (χ1n) is 6.68. The summed E-state index contributed by atoms with van der Waals surface area (Å²) < 4.78 is 38.2. The van der Waals surface area contributed by atoms with E-state index in [1.54, 1.807) is 16.7 Å².